The van der Waals surface area contributed by atoms with Crippen molar-refractivity contribution in [1.82, 2.24) is 4.98 Å². The maximum Gasteiger partial charge on any atom is 0.192 e. The average Bonchev–Trinajstić information content (AvgIpc) is 2.52. The van der Waals surface area contributed by atoms with E-state index in [1.54, 1.807) is 13.0 Å². The maximum atomic E-state index is 8.80. The first-order valence-corrected chi connectivity index (χ1v) is 4.68. The Bertz CT molecular complexity index is 553. The van der Waals surface area contributed by atoms with Gasteiger partial charge in [0.05, 0.1) is 15.7 Å². The number of aryl methyl sites for hydroxylation is 1. The fourth-order valence-corrected chi connectivity index (χ4v) is 1.74. The summed E-state index contributed by atoms with van der Waals surface area (Å²) in [7, 11) is 0. The van der Waals surface area contributed by atoms with Gasteiger partial charge in [-0.05, 0) is 22.0 Å². The lowest BCUT2D eigenvalue weighted by Crippen LogP contribution is -1.91. The summed E-state index contributed by atoms with van der Waals surface area (Å²) >= 11 is 3.28. The van der Waals surface area contributed by atoms with Gasteiger partial charge in [-0.1, -0.05) is 0 Å². The predicted octanol–water partition coefficient (Wildman–Crippen LogP) is 2.35. The van der Waals surface area contributed by atoms with Crippen LogP contribution >= 0.6 is 15.9 Å². The van der Waals surface area contributed by atoms with Gasteiger partial charge in [0, 0.05) is 6.92 Å². The Labute approximate surface area is 88.5 Å². The molecule has 0 atom stereocenters. The number of hydrogen-bond donors (Lipinski definition) is 1. The molecule has 0 amide bonds. The molecule has 0 saturated carbocycles. The number of benzene rings is 1. The zero-order valence-electron chi connectivity index (χ0n) is 7.34. The molecule has 0 radical (unpaired) electrons. The Morgan fingerprint density at radius 2 is 2.36 bits per heavy atom. The number of nitriles is 1. The summed E-state index contributed by atoms with van der Waals surface area (Å²) in [6.07, 6.45) is 0. The van der Waals surface area contributed by atoms with Crippen LogP contribution in [0.2, 0.25) is 0 Å². The minimum absolute atomic E-state index is 0.385. The van der Waals surface area contributed by atoms with Crippen molar-refractivity contribution >= 4 is 32.7 Å². The Balaban J connectivity index is 2.92. The van der Waals surface area contributed by atoms with Crippen LogP contribution < -0.4 is 5.73 Å². The standard InChI is InChI=1S/C9H6BrN3O/c1-4-13-6-2-5(3-11)8(12)7(10)9(6)14-4/h2H,12H2,1H3. The molecular weight excluding hydrogens is 246 g/mol. The molecular formula is C9H6BrN3O. The van der Waals surface area contributed by atoms with Gasteiger partial charge >= 0.3 is 0 Å². The lowest BCUT2D eigenvalue weighted by Gasteiger charge is -1.99. The topological polar surface area (TPSA) is 75.8 Å². The van der Waals surface area contributed by atoms with E-state index in [1.165, 1.54) is 0 Å². The first-order chi connectivity index (χ1) is 6.63. The van der Waals surface area contributed by atoms with Crippen LogP contribution in [0.15, 0.2) is 15.0 Å². The van der Waals surface area contributed by atoms with E-state index in [1.807, 2.05) is 6.07 Å². The van der Waals surface area contributed by atoms with Gasteiger partial charge in [-0.25, -0.2) is 4.98 Å². The van der Waals surface area contributed by atoms with Crippen LogP contribution in [0.5, 0.6) is 0 Å². The van der Waals surface area contributed by atoms with E-state index in [2.05, 4.69) is 20.9 Å². The van der Waals surface area contributed by atoms with E-state index < -0.39 is 0 Å². The normalized spacial score (nSPS) is 10.4. The van der Waals surface area contributed by atoms with Crippen LogP contribution in [-0.4, -0.2) is 4.98 Å². The third kappa shape index (κ3) is 1.16. The van der Waals surface area contributed by atoms with Crippen LogP contribution in [0.25, 0.3) is 11.1 Å². The Hall–Kier alpha value is -1.54. The van der Waals surface area contributed by atoms with Crippen LogP contribution in [0.1, 0.15) is 11.5 Å². The fourth-order valence-electron chi connectivity index (χ4n) is 1.25. The quantitative estimate of drug-likeness (QED) is 0.730. The largest absolute Gasteiger partial charge is 0.440 e. The summed E-state index contributed by atoms with van der Waals surface area (Å²) in [4.78, 5) is 4.12. The maximum absolute atomic E-state index is 8.80. The molecule has 2 aromatic rings. The van der Waals surface area contributed by atoms with Crippen LogP contribution in [0.3, 0.4) is 0 Å². The van der Waals surface area contributed by atoms with Gasteiger partial charge in [0.2, 0.25) is 0 Å². The fraction of sp³-hybridized carbons (Fsp3) is 0.111. The molecule has 4 nitrogen and oxygen atoms in total. The van der Waals surface area contributed by atoms with Crippen molar-refractivity contribution < 1.29 is 4.42 Å². The van der Waals surface area contributed by atoms with Gasteiger partial charge in [0.25, 0.3) is 0 Å². The molecule has 1 aromatic heterocycles. The van der Waals surface area contributed by atoms with Crippen molar-refractivity contribution in [2.75, 3.05) is 5.73 Å². The summed E-state index contributed by atoms with van der Waals surface area (Å²) in [5.74, 6) is 0.551. The number of nitrogen functional groups attached to an aromatic ring is 1. The van der Waals surface area contributed by atoms with Gasteiger partial charge in [0.15, 0.2) is 11.5 Å². The van der Waals surface area contributed by atoms with E-state index >= 15 is 0 Å². The van der Waals surface area contributed by atoms with E-state index in [9.17, 15) is 0 Å². The van der Waals surface area contributed by atoms with E-state index in [0.29, 0.717) is 32.7 Å². The Morgan fingerprint density at radius 3 is 3.00 bits per heavy atom. The summed E-state index contributed by atoms with van der Waals surface area (Å²) in [6, 6.07) is 3.62. The zero-order valence-corrected chi connectivity index (χ0v) is 8.92. The second kappa shape index (κ2) is 3.00. The van der Waals surface area contributed by atoms with Gasteiger partial charge in [-0.3, -0.25) is 0 Å². The SMILES string of the molecule is Cc1nc2cc(C#N)c(N)c(Br)c2o1. The minimum atomic E-state index is 0.385. The molecule has 70 valence electrons. The molecule has 0 spiro atoms. The smallest absolute Gasteiger partial charge is 0.192 e. The first-order valence-electron chi connectivity index (χ1n) is 3.88. The number of hydrogen-bond acceptors (Lipinski definition) is 4. The van der Waals surface area contributed by atoms with Gasteiger partial charge in [0.1, 0.15) is 11.6 Å². The number of aromatic nitrogens is 1. The highest BCUT2D eigenvalue weighted by atomic mass is 79.9. The van der Waals surface area contributed by atoms with Crippen molar-refractivity contribution in [2.45, 2.75) is 6.92 Å². The number of rotatable bonds is 0. The lowest BCUT2D eigenvalue weighted by molar-refractivity contribution is 0.560. The van der Waals surface area contributed by atoms with E-state index in [4.69, 9.17) is 15.4 Å². The molecule has 0 bridgehead atoms. The van der Waals surface area contributed by atoms with Crippen molar-refractivity contribution in [3.63, 3.8) is 0 Å². The minimum Gasteiger partial charge on any atom is -0.440 e. The number of fused-ring (bicyclic) bond motifs is 1. The first kappa shape index (κ1) is 9.03. The highest BCUT2D eigenvalue weighted by molar-refractivity contribution is 9.10. The van der Waals surface area contributed by atoms with Crippen LogP contribution in [0, 0.1) is 18.3 Å². The second-order valence-electron chi connectivity index (χ2n) is 2.84. The Kier molecular flexibility index (Phi) is 1.93. The molecule has 14 heavy (non-hydrogen) atoms. The summed E-state index contributed by atoms with van der Waals surface area (Å²) in [5.41, 5.74) is 7.72. The summed E-state index contributed by atoms with van der Waals surface area (Å²) in [6.45, 7) is 1.74. The van der Waals surface area contributed by atoms with Gasteiger partial charge in [-0.15, -0.1) is 0 Å². The van der Waals surface area contributed by atoms with Crippen LogP contribution in [-0.2, 0) is 0 Å². The third-order valence-corrected chi connectivity index (χ3v) is 2.68. The molecule has 0 saturated heterocycles. The van der Waals surface area contributed by atoms with Crippen molar-refractivity contribution in [2.24, 2.45) is 0 Å². The monoisotopic (exact) mass is 251 g/mol. The zero-order chi connectivity index (χ0) is 10.3. The third-order valence-electron chi connectivity index (χ3n) is 1.89. The number of nitrogens with zero attached hydrogens (tertiary/aromatic N) is 2. The number of anilines is 1. The van der Waals surface area contributed by atoms with Crippen molar-refractivity contribution in [3.8, 4) is 6.07 Å². The number of oxazole rings is 1. The highest BCUT2D eigenvalue weighted by Gasteiger charge is 2.13. The molecule has 2 N–H and O–H groups in total. The molecule has 5 heteroatoms. The number of nitrogens with two attached hydrogens (primary N) is 1. The molecule has 1 heterocycles. The van der Waals surface area contributed by atoms with Crippen LogP contribution in [0.4, 0.5) is 5.69 Å². The molecule has 0 fully saturated rings. The second-order valence-corrected chi connectivity index (χ2v) is 3.64. The van der Waals surface area contributed by atoms with Gasteiger partial charge in [-0.2, -0.15) is 5.26 Å². The average molecular weight is 252 g/mol. The van der Waals surface area contributed by atoms with Crippen molar-refractivity contribution in [1.29, 1.82) is 5.26 Å². The molecule has 0 aliphatic heterocycles. The molecule has 0 aliphatic rings. The number of halogens is 1. The molecule has 0 aliphatic carbocycles. The predicted molar refractivity (Wildman–Crippen MR) is 55.6 cm³/mol. The van der Waals surface area contributed by atoms with E-state index in [0.717, 1.165) is 0 Å². The molecule has 1 aromatic carbocycles. The summed E-state index contributed by atoms with van der Waals surface area (Å²) in [5, 5.41) is 8.80. The molecule has 0 unspecified atom stereocenters. The summed E-state index contributed by atoms with van der Waals surface area (Å²) < 4.78 is 5.92. The van der Waals surface area contributed by atoms with E-state index in [-0.39, 0.29) is 0 Å². The molecule has 2 rings (SSSR count). The lowest BCUT2D eigenvalue weighted by atomic mass is 10.2. The van der Waals surface area contributed by atoms with Crippen molar-refractivity contribution in [3.05, 3.63) is 22.0 Å². The highest BCUT2D eigenvalue weighted by Crippen LogP contribution is 2.32. The Morgan fingerprint density at radius 1 is 1.64 bits per heavy atom. The van der Waals surface area contributed by atoms with Gasteiger partial charge < -0.3 is 10.2 Å².